The van der Waals surface area contributed by atoms with Crippen LogP contribution in [0.5, 0.6) is 0 Å². The Hall–Kier alpha value is -1.35. The maximum atomic E-state index is 12.2. The molecule has 3 nitrogen and oxygen atoms in total. The van der Waals surface area contributed by atoms with Gasteiger partial charge in [-0.2, -0.15) is 0 Å². The van der Waals surface area contributed by atoms with Gasteiger partial charge in [0.25, 0.3) is 5.91 Å². The Morgan fingerprint density at radius 2 is 1.85 bits per heavy atom. The maximum absolute atomic E-state index is 12.2. The summed E-state index contributed by atoms with van der Waals surface area (Å²) < 4.78 is 0. The molecule has 1 heterocycles. The van der Waals surface area contributed by atoms with Gasteiger partial charge in [0.2, 0.25) is 0 Å². The molecule has 0 spiro atoms. The third kappa shape index (κ3) is 4.07. The Bertz CT molecular complexity index is 474. The van der Waals surface area contributed by atoms with Crippen molar-refractivity contribution in [3.63, 3.8) is 0 Å². The number of amides is 1. The van der Waals surface area contributed by atoms with E-state index >= 15 is 0 Å². The molecule has 20 heavy (non-hydrogen) atoms. The average Bonchev–Trinajstić information content (AvgIpc) is 2.32. The van der Waals surface area contributed by atoms with Gasteiger partial charge in [0, 0.05) is 17.5 Å². The van der Waals surface area contributed by atoms with Crippen LogP contribution in [0.2, 0.25) is 0 Å². The monoisotopic (exact) mass is 275 g/mol. The minimum Gasteiger partial charge on any atom is -0.327 e. The van der Waals surface area contributed by atoms with Gasteiger partial charge in [-0.05, 0) is 43.5 Å². The molecule has 0 bridgehead atoms. The number of aryl methyl sites for hydroxylation is 2. The molecule has 3 heteroatoms. The van der Waals surface area contributed by atoms with Crippen LogP contribution in [0.15, 0.2) is 18.2 Å². The van der Waals surface area contributed by atoms with Crippen molar-refractivity contribution in [1.82, 2.24) is 0 Å². The van der Waals surface area contributed by atoms with Crippen molar-refractivity contribution in [2.24, 2.45) is 11.8 Å². The Kier molecular flexibility index (Phi) is 4.81. The maximum Gasteiger partial charge on any atom is 0.279 e. The highest BCUT2D eigenvalue weighted by Gasteiger charge is 2.26. The summed E-state index contributed by atoms with van der Waals surface area (Å²) in [5.41, 5.74) is 3.39. The molecule has 2 N–H and O–H groups in total. The predicted octanol–water partition coefficient (Wildman–Crippen LogP) is 1.80. The van der Waals surface area contributed by atoms with E-state index in [4.69, 9.17) is 0 Å². The zero-order chi connectivity index (χ0) is 14.7. The van der Waals surface area contributed by atoms with Crippen LogP contribution in [-0.4, -0.2) is 25.5 Å². The first-order valence-corrected chi connectivity index (χ1v) is 7.64. The van der Waals surface area contributed by atoms with E-state index in [1.807, 2.05) is 12.1 Å². The van der Waals surface area contributed by atoms with E-state index in [9.17, 15) is 4.79 Å². The summed E-state index contributed by atoms with van der Waals surface area (Å²) in [4.78, 5) is 13.6. The molecule has 1 aliphatic rings. The van der Waals surface area contributed by atoms with Gasteiger partial charge in [0.05, 0.1) is 13.1 Å². The first-order chi connectivity index (χ1) is 9.44. The molecular formula is C17H27N2O+. The topological polar surface area (TPSA) is 33.5 Å². The third-order valence-corrected chi connectivity index (χ3v) is 4.28. The van der Waals surface area contributed by atoms with Gasteiger partial charge in [-0.3, -0.25) is 4.79 Å². The molecule has 110 valence electrons. The molecule has 0 radical (unpaired) electrons. The predicted molar refractivity (Wildman–Crippen MR) is 83.1 cm³/mol. The molecule has 1 aromatic rings. The molecule has 1 aromatic carbocycles. The number of hydrogen-bond donors (Lipinski definition) is 2. The number of likely N-dealkylation sites (tertiary alicyclic amines) is 1. The lowest BCUT2D eigenvalue weighted by Gasteiger charge is -2.31. The van der Waals surface area contributed by atoms with Gasteiger partial charge in [-0.1, -0.05) is 19.9 Å². The number of piperidine rings is 1. The summed E-state index contributed by atoms with van der Waals surface area (Å²) in [7, 11) is 0. The number of benzene rings is 1. The molecule has 2 rings (SSSR count). The summed E-state index contributed by atoms with van der Waals surface area (Å²) in [6.07, 6.45) is 1.29. The summed E-state index contributed by atoms with van der Waals surface area (Å²) in [5.74, 6) is 1.58. The van der Waals surface area contributed by atoms with Gasteiger partial charge in [0.1, 0.15) is 0 Å². The van der Waals surface area contributed by atoms with Crippen molar-refractivity contribution < 1.29 is 9.69 Å². The Balaban J connectivity index is 1.90. The van der Waals surface area contributed by atoms with Crippen molar-refractivity contribution >= 4 is 11.6 Å². The molecule has 1 fully saturated rings. The van der Waals surface area contributed by atoms with Gasteiger partial charge in [-0.25, -0.2) is 0 Å². The lowest BCUT2D eigenvalue weighted by atomic mass is 9.92. The fourth-order valence-electron chi connectivity index (χ4n) is 3.32. The smallest absolute Gasteiger partial charge is 0.279 e. The molecule has 0 aromatic heterocycles. The quantitative estimate of drug-likeness (QED) is 0.866. The summed E-state index contributed by atoms with van der Waals surface area (Å²) in [6.45, 7) is 11.6. The van der Waals surface area contributed by atoms with E-state index in [-0.39, 0.29) is 5.91 Å². The van der Waals surface area contributed by atoms with Crippen molar-refractivity contribution in [1.29, 1.82) is 0 Å². The third-order valence-electron chi connectivity index (χ3n) is 4.28. The van der Waals surface area contributed by atoms with Crippen molar-refractivity contribution in [3.8, 4) is 0 Å². The zero-order valence-corrected chi connectivity index (χ0v) is 13.1. The molecule has 0 saturated carbocycles. The van der Waals surface area contributed by atoms with Crippen LogP contribution < -0.4 is 10.2 Å². The summed E-state index contributed by atoms with van der Waals surface area (Å²) in [5, 5.41) is 3.03. The van der Waals surface area contributed by atoms with Crippen LogP contribution >= 0.6 is 0 Å². The number of rotatable bonds is 3. The van der Waals surface area contributed by atoms with Gasteiger partial charge in [0.15, 0.2) is 6.54 Å². The standard InChI is InChI=1S/C17H26N2O/c1-12-7-13(2)10-19(9-12)11-17(20)18-16-6-5-14(3)15(4)8-16/h5-6,8,12-13H,7,9-11H2,1-4H3,(H,18,20)/p+1/t12-,13-/m0/s1. The summed E-state index contributed by atoms with van der Waals surface area (Å²) in [6, 6.07) is 6.09. The average molecular weight is 275 g/mol. The van der Waals surface area contributed by atoms with Crippen LogP contribution in [0.1, 0.15) is 31.4 Å². The molecule has 1 saturated heterocycles. The first kappa shape index (κ1) is 15.0. The van der Waals surface area contributed by atoms with Gasteiger partial charge < -0.3 is 10.2 Å². The fourth-order valence-corrected chi connectivity index (χ4v) is 3.32. The number of hydrogen-bond acceptors (Lipinski definition) is 1. The highest BCUT2D eigenvalue weighted by atomic mass is 16.2. The number of nitrogens with one attached hydrogen (secondary N) is 2. The second kappa shape index (κ2) is 6.40. The van der Waals surface area contributed by atoms with E-state index in [0.717, 1.165) is 30.6 Å². The SMILES string of the molecule is Cc1ccc(NC(=O)C[NH+]2C[C@@H](C)C[C@H](C)C2)cc1C. The van der Waals surface area contributed by atoms with Crippen molar-refractivity contribution in [2.45, 2.75) is 34.1 Å². The molecule has 1 amide bonds. The van der Waals surface area contributed by atoms with Crippen LogP contribution in [0.3, 0.4) is 0 Å². The Morgan fingerprint density at radius 3 is 2.45 bits per heavy atom. The number of anilines is 1. The zero-order valence-electron chi connectivity index (χ0n) is 13.1. The van der Waals surface area contributed by atoms with E-state index in [2.05, 4.69) is 39.1 Å². The highest BCUT2D eigenvalue weighted by molar-refractivity contribution is 5.91. The lowest BCUT2D eigenvalue weighted by molar-refractivity contribution is -0.904. The van der Waals surface area contributed by atoms with Gasteiger partial charge in [-0.15, -0.1) is 0 Å². The van der Waals surface area contributed by atoms with E-state index in [1.54, 1.807) is 0 Å². The largest absolute Gasteiger partial charge is 0.327 e. The van der Waals surface area contributed by atoms with Crippen molar-refractivity contribution in [2.75, 3.05) is 25.0 Å². The van der Waals surface area contributed by atoms with Crippen LogP contribution in [-0.2, 0) is 4.79 Å². The fraction of sp³-hybridized carbons (Fsp3) is 0.588. The minimum absolute atomic E-state index is 0.129. The van der Waals surface area contributed by atoms with E-state index in [0.29, 0.717) is 6.54 Å². The number of quaternary nitrogens is 1. The normalized spacial score (nSPS) is 26.3. The van der Waals surface area contributed by atoms with Crippen LogP contribution in [0.25, 0.3) is 0 Å². The van der Waals surface area contributed by atoms with Crippen molar-refractivity contribution in [3.05, 3.63) is 29.3 Å². The second-order valence-electron chi connectivity index (χ2n) is 6.63. The molecule has 0 aliphatic carbocycles. The first-order valence-electron chi connectivity index (χ1n) is 7.64. The van der Waals surface area contributed by atoms with Gasteiger partial charge >= 0.3 is 0 Å². The minimum atomic E-state index is 0.129. The van der Waals surface area contributed by atoms with E-state index in [1.165, 1.54) is 22.4 Å². The molecule has 1 aliphatic heterocycles. The molecule has 2 atom stereocenters. The Labute approximate surface area is 122 Å². The number of carbonyl (C=O) groups is 1. The van der Waals surface area contributed by atoms with Crippen LogP contribution in [0, 0.1) is 25.7 Å². The summed E-state index contributed by atoms with van der Waals surface area (Å²) >= 11 is 0. The highest BCUT2D eigenvalue weighted by Crippen LogP contribution is 2.14. The lowest BCUT2D eigenvalue weighted by Crippen LogP contribution is -3.15. The van der Waals surface area contributed by atoms with Crippen LogP contribution in [0.4, 0.5) is 5.69 Å². The van der Waals surface area contributed by atoms with E-state index < -0.39 is 0 Å². The number of carbonyl (C=O) groups excluding carboxylic acids is 1. The Morgan fingerprint density at radius 1 is 1.20 bits per heavy atom. The molecule has 0 unspecified atom stereocenters. The second-order valence-corrected chi connectivity index (χ2v) is 6.63. The molecular weight excluding hydrogens is 248 g/mol.